The van der Waals surface area contributed by atoms with E-state index in [1.807, 2.05) is 6.92 Å². The molecular formula is C11H15BrN2O6S. The number of hydrogen-bond acceptors (Lipinski definition) is 5. The SMILES string of the molecule is CCCNC(=O)CCNS(=O)(=O)c1cc(C(=O)O)oc1Br. The summed E-state index contributed by atoms with van der Waals surface area (Å²) in [6, 6.07) is 0.895. The molecule has 0 aliphatic rings. The van der Waals surface area contributed by atoms with Gasteiger partial charge in [-0.1, -0.05) is 6.92 Å². The van der Waals surface area contributed by atoms with Gasteiger partial charge in [-0.15, -0.1) is 0 Å². The molecule has 0 saturated heterocycles. The van der Waals surface area contributed by atoms with Crippen LogP contribution in [0.4, 0.5) is 0 Å². The van der Waals surface area contributed by atoms with E-state index in [4.69, 9.17) is 9.52 Å². The average molecular weight is 383 g/mol. The van der Waals surface area contributed by atoms with Gasteiger partial charge in [-0.2, -0.15) is 0 Å². The number of nitrogens with one attached hydrogen (secondary N) is 2. The Balaban J connectivity index is 2.66. The van der Waals surface area contributed by atoms with Crippen LogP contribution < -0.4 is 10.0 Å². The van der Waals surface area contributed by atoms with Crippen molar-refractivity contribution in [2.75, 3.05) is 13.1 Å². The van der Waals surface area contributed by atoms with Crippen molar-refractivity contribution in [3.8, 4) is 0 Å². The lowest BCUT2D eigenvalue weighted by atomic mass is 10.4. The van der Waals surface area contributed by atoms with Crippen LogP contribution in [0.3, 0.4) is 0 Å². The molecule has 0 aliphatic carbocycles. The summed E-state index contributed by atoms with van der Waals surface area (Å²) in [6.07, 6.45) is 0.776. The maximum atomic E-state index is 12.0. The quantitative estimate of drug-likeness (QED) is 0.613. The number of aromatic carboxylic acids is 1. The van der Waals surface area contributed by atoms with Gasteiger partial charge in [-0.3, -0.25) is 4.79 Å². The molecular weight excluding hydrogens is 368 g/mol. The van der Waals surface area contributed by atoms with Crippen LogP contribution >= 0.6 is 15.9 Å². The van der Waals surface area contributed by atoms with Crippen molar-refractivity contribution in [3.63, 3.8) is 0 Å². The molecule has 0 aromatic carbocycles. The van der Waals surface area contributed by atoms with Crippen LogP contribution in [0.5, 0.6) is 0 Å². The second-order valence-electron chi connectivity index (χ2n) is 4.05. The first-order chi connectivity index (χ1) is 9.77. The largest absolute Gasteiger partial charge is 0.475 e. The Morgan fingerprint density at radius 3 is 2.57 bits per heavy atom. The van der Waals surface area contributed by atoms with Crippen molar-refractivity contribution >= 4 is 37.8 Å². The predicted molar refractivity (Wildman–Crippen MR) is 76.5 cm³/mol. The monoisotopic (exact) mass is 382 g/mol. The van der Waals surface area contributed by atoms with Gasteiger partial charge in [-0.05, 0) is 22.4 Å². The third-order valence-electron chi connectivity index (χ3n) is 2.37. The maximum Gasteiger partial charge on any atom is 0.371 e. The standard InChI is InChI=1S/C11H15BrN2O6S/c1-2-4-13-9(15)3-5-14-21(18,19)8-6-7(11(16)17)20-10(8)12/h6,14H,2-5H2,1H3,(H,13,15)(H,16,17). The first-order valence-electron chi connectivity index (χ1n) is 6.07. The second kappa shape index (κ2) is 7.57. The number of carboxylic acids is 1. The highest BCUT2D eigenvalue weighted by Gasteiger charge is 2.24. The van der Waals surface area contributed by atoms with Gasteiger partial charge in [0.25, 0.3) is 0 Å². The van der Waals surface area contributed by atoms with Crippen molar-refractivity contribution in [3.05, 3.63) is 16.5 Å². The van der Waals surface area contributed by atoms with Gasteiger partial charge >= 0.3 is 5.97 Å². The molecule has 0 atom stereocenters. The van der Waals surface area contributed by atoms with Gasteiger partial charge in [0.15, 0.2) is 4.67 Å². The molecule has 21 heavy (non-hydrogen) atoms. The van der Waals surface area contributed by atoms with Crippen LogP contribution in [0, 0.1) is 0 Å². The summed E-state index contributed by atoms with van der Waals surface area (Å²) in [4.78, 5) is 21.7. The number of furan rings is 1. The molecule has 0 aliphatic heterocycles. The minimum absolute atomic E-state index is 0.0134. The summed E-state index contributed by atoms with van der Waals surface area (Å²) in [5.41, 5.74) is 0. The molecule has 0 saturated carbocycles. The lowest BCUT2D eigenvalue weighted by Crippen LogP contribution is -2.31. The number of carbonyl (C=O) groups is 2. The lowest BCUT2D eigenvalue weighted by molar-refractivity contribution is -0.120. The van der Waals surface area contributed by atoms with E-state index >= 15 is 0 Å². The molecule has 3 N–H and O–H groups in total. The zero-order valence-electron chi connectivity index (χ0n) is 11.2. The molecule has 0 bridgehead atoms. The Labute approximate surface area is 130 Å². The Morgan fingerprint density at radius 1 is 1.38 bits per heavy atom. The fraction of sp³-hybridized carbons (Fsp3) is 0.455. The van der Waals surface area contributed by atoms with Gasteiger partial charge in [0.05, 0.1) is 0 Å². The summed E-state index contributed by atoms with van der Waals surface area (Å²) in [5, 5.41) is 11.3. The summed E-state index contributed by atoms with van der Waals surface area (Å²) in [6.45, 7) is 2.33. The van der Waals surface area contributed by atoms with E-state index in [9.17, 15) is 18.0 Å². The van der Waals surface area contributed by atoms with Crippen LogP contribution in [0.2, 0.25) is 0 Å². The fourth-order valence-electron chi connectivity index (χ4n) is 1.37. The number of carbonyl (C=O) groups excluding carboxylic acids is 1. The van der Waals surface area contributed by atoms with Gasteiger partial charge < -0.3 is 14.8 Å². The predicted octanol–water partition coefficient (Wildman–Crippen LogP) is 0.935. The van der Waals surface area contributed by atoms with E-state index in [-0.39, 0.29) is 28.4 Å². The van der Waals surface area contributed by atoms with Crippen LogP contribution in [-0.4, -0.2) is 38.5 Å². The fourth-order valence-corrected chi connectivity index (χ4v) is 3.34. The van der Waals surface area contributed by atoms with E-state index in [0.29, 0.717) is 6.54 Å². The van der Waals surface area contributed by atoms with Gasteiger partial charge in [0, 0.05) is 25.6 Å². The van der Waals surface area contributed by atoms with Crippen LogP contribution in [0.15, 0.2) is 20.0 Å². The summed E-state index contributed by atoms with van der Waals surface area (Å²) in [7, 11) is -3.95. The molecule has 0 spiro atoms. The number of sulfonamides is 1. The molecule has 118 valence electrons. The van der Waals surface area contributed by atoms with Crippen molar-refractivity contribution in [2.24, 2.45) is 0 Å². The van der Waals surface area contributed by atoms with E-state index in [0.717, 1.165) is 12.5 Å². The van der Waals surface area contributed by atoms with E-state index < -0.39 is 21.8 Å². The average Bonchev–Trinajstić information content (AvgIpc) is 2.79. The van der Waals surface area contributed by atoms with E-state index in [2.05, 4.69) is 26.0 Å². The number of amides is 1. The lowest BCUT2D eigenvalue weighted by Gasteiger charge is -2.05. The number of carboxylic acid groups (broad SMARTS) is 1. The number of hydrogen-bond donors (Lipinski definition) is 3. The minimum atomic E-state index is -3.95. The zero-order valence-corrected chi connectivity index (χ0v) is 13.6. The summed E-state index contributed by atoms with van der Waals surface area (Å²) < 4.78 is 30.7. The second-order valence-corrected chi connectivity index (χ2v) is 6.51. The molecule has 8 nitrogen and oxygen atoms in total. The van der Waals surface area contributed by atoms with Crippen LogP contribution in [0.1, 0.15) is 30.3 Å². The number of halogens is 1. The van der Waals surface area contributed by atoms with Crippen LogP contribution in [0.25, 0.3) is 0 Å². The third-order valence-corrected chi connectivity index (χ3v) is 4.69. The molecule has 10 heteroatoms. The van der Waals surface area contributed by atoms with Gasteiger partial charge in [0.2, 0.25) is 21.7 Å². The van der Waals surface area contributed by atoms with Crippen molar-refractivity contribution in [1.29, 1.82) is 0 Å². The summed E-state index contributed by atoms with van der Waals surface area (Å²) in [5.74, 6) is -2.14. The molecule has 0 unspecified atom stereocenters. The smallest absolute Gasteiger partial charge is 0.371 e. The molecule has 1 aromatic rings. The topological polar surface area (TPSA) is 126 Å². The van der Waals surface area contributed by atoms with Gasteiger partial charge in [-0.25, -0.2) is 17.9 Å². The molecule has 1 amide bonds. The molecule has 0 fully saturated rings. The number of rotatable bonds is 8. The first-order valence-corrected chi connectivity index (χ1v) is 8.34. The Bertz CT molecular complexity index is 625. The highest BCUT2D eigenvalue weighted by molar-refractivity contribution is 9.10. The molecule has 1 heterocycles. The van der Waals surface area contributed by atoms with Gasteiger partial charge in [0.1, 0.15) is 4.90 Å². The normalized spacial score (nSPS) is 11.3. The van der Waals surface area contributed by atoms with E-state index in [1.165, 1.54) is 0 Å². The highest BCUT2D eigenvalue weighted by atomic mass is 79.9. The molecule has 1 aromatic heterocycles. The van der Waals surface area contributed by atoms with Crippen molar-refractivity contribution < 1.29 is 27.5 Å². The first kappa shape index (κ1) is 17.7. The highest BCUT2D eigenvalue weighted by Crippen LogP contribution is 2.25. The van der Waals surface area contributed by atoms with Crippen LogP contribution in [-0.2, 0) is 14.8 Å². The Hall–Kier alpha value is -1.39. The summed E-state index contributed by atoms with van der Waals surface area (Å²) >= 11 is 2.85. The molecule has 0 radical (unpaired) electrons. The molecule has 1 rings (SSSR count). The van der Waals surface area contributed by atoms with Crippen molar-refractivity contribution in [2.45, 2.75) is 24.7 Å². The minimum Gasteiger partial charge on any atom is -0.475 e. The Kier molecular flexibility index (Phi) is 6.37. The van der Waals surface area contributed by atoms with E-state index in [1.54, 1.807) is 0 Å². The zero-order chi connectivity index (χ0) is 16.0. The maximum absolute atomic E-state index is 12.0. The third kappa shape index (κ3) is 5.14. The Morgan fingerprint density at radius 2 is 2.05 bits per heavy atom. The van der Waals surface area contributed by atoms with Crippen molar-refractivity contribution in [1.82, 2.24) is 10.0 Å².